The minimum Gasteiger partial charge on any atom is -0.325 e. The molecule has 2 rings (SSSR count). The van der Waals surface area contributed by atoms with E-state index in [1.54, 1.807) is 35.6 Å². The fourth-order valence-corrected chi connectivity index (χ4v) is 2.52. The largest absolute Gasteiger partial charge is 0.325 e. The molecule has 102 valence electrons. The van der Waals surface area contributed by atoms with E-state index in [9.17, 15) is 4.79 Å². The van der Waals surface area contributed by atoms with Crippen molar-refractivity contribution in [3.05, 3.63) is 52.2 Å². The molecular formula is C15H15N3OS. The molecule has 0 aliphatic heterocycles. The van der Waals surface area contributed by atoms with Crippen molar-refractivity contribution in [3.63, 3.8) is 0 Å². The molecule has 0 bridgehead atoms. The summed E-state index contributed by atoms with van der Waals surface area (Å²) >= 11 is 1.65. The Morgan fingerprint density at radius 2 is 2.30 bits per heavy atom. The number of nitrogens with one attached hydrogen (secondary N) is 1. The monoisotopic (exact) mass is 285 g/mol. The molecule has 20 heavy (non-hydrogen) atoms. The van der Waals surface area contributed by atoms with Crippen LogP contribution in [0.2, 0.25) is 0 Å². The molecule has 0 aliphatic carbocycles. The van der Waals surface area contributed by atoms with E-state index in [2.05, 4.69) is 22.8 Å². The highest BCUT2D eigenvalue weighted by atomic mass is 32.1. The Kier molecular flexibility index (Phi) is 4.88. The summed E-state index contributed by atoms with van der Waals surface area (Å²) in [5, 5.41) is 15.7. The number of thiophene rings is 1. The molecule has 0 saturated heterocycles. The predicted molar refractivity (Wildman–Crippen MR) is 80.4 cm³/mol. The Balaban J connectivity index is 1.87. The number of hydrogen-bond donors (Lipinski definition) is 1. The molecule has 0 fully saturated rings. The van der Waals surface area contributed by atoms with Crippen LogP contribution < -0.4 is 5.32 Å². The van der Waals surface area contributed by atoms with Gasteiger partial charge in [0.25, 0.3) is 0 Å². The van der Waals surface area contributed by atoms with Gasteiger partial charge in [-0.3, -0.25) is 9.69 Å². The summed E-state index contributed by atoms with van der Waals surface area (Å²) < 4.78 is 0. The lowest BCUT2D eigenvalue weighted by molar-refractivity contribution is -0.117. The van der Waals surface area contributed by atoms with Crippen molar-refractivity contribution < 1.29 is 4.79 Å². The highest BCUT2D eigenvalue weighted by Gasteiger charge is 2.08. The number of nitriles is 1. The van der Waals surface area contributed by atoms with E-state index >= 15 is 0 Å². The zero-order valence-electron chi connectivity index (χ0n) is 11.2. The van der Waals surface area contributed by atoms with Gasteiger partial charge in [-0.2, -0.15) is 16.6 Å². The molecule has 1 aromatic carbocycles. The van der Waals surface area contributed by atoms with E-state index in [0.717, 1.165) is 6.54 Å². The summed E-state index contributed by atoms with van der Waals surface area (Å²) in [5.41, 5.74) is 2.39. The molecule has 1 N–H and O–H groups in total. The van der Waals surface area contributed by atoms with Crippen molar-refractivity contribution in [2.45, 2.75) is 6.54 Å². The molecule has 1 heterocycles. The normalized spacial score (nSPS) is 10.2. The van der Waals surface area contributed by atoms with Gasteiger partial charge in [-0.15, -0.1) is 0 Å². The minimum atomic E-state index is -0.0854. The van der Waals surface area contributed by atoms with E-state index in [1.165, 1.54) is 5.56 Å². The maximum absolute atomic E-state index is 11.9. The summed E-state index contributed by atoms with van der Waals surface area (Å²) in [5.74, 6) is -0.0854. The van der Waals surface area contributed by atoms with Gasteiger partial charge in [0.2, 0.25) is 5.91 Å². The van der Waals surface area contributed by atoms with E-state index in [1.807, 2.05) is 17.3 Å². The van der Waals surface area contributed by atoms with Gasteiger partial charge in [-0.25, -0.2) is 0 Å². The number of carbonyl (C=O) groups is 1. The molecule has 0 radical (unpaired) electrons. The fraction of sp³-hybridized carbons (Fsp3) is 0.200. The van der Waals surface area contributed by atoms with Gasteiger partial charge in [0, 0.05) is 12.2 Å². The van der Waals surface area contributed by atoms with Crippen LogP contribution in [0.5, 0.6) is 0 Å². The third kappa shape index (κ3) is 4.19. The summed E-state index contributed by atoms with van der Waals surface area (Å²) in [6.45, 7) is 1.06. The van der Waals surface area contributed by atoms with Gasteiger partial charge < -0.3 is 5.32 Å². The van der Waals surface area contributed by atoms with Crippen LogP contribution in [0, 0.1) is 11.3 Å². The first kappa shape index (κ1) is 14.3. The number of rotatable bonds is 5. The second-order valence-corrected chi connectivity index (χ2v) is 5.32. The quantitative estimate of drug-likeness (QED) is 0.919. The molecule has 0 spiro atoms. The number of hydrogen-bond acceptors (Lipinski definition) is 4. The van der Waals surface area contributed by atoms with Crippen LogP contribution in [0.4, 0.5) is 5.69 Å². The number of likely N-dealkylation sites (N-methyl/N-ethyl adjacent to an activating group) is 1. The second kappa shape index (κ2) is 6.85. The molecule has 2 aromatic rings. The number of anilines is 1. The van der Waals surface area contributed by atoms with Crippen molar-refractivity contribution in [2.24, 2.45) is 0 Å². The van der Waals surface area contributed by atoms with Crippen molar-refractivity contribution >= 4 is 22.9 Å². The van der Waals surface area contributed by atoms with Gasteiger partial charge in [0.05, 0.1) is 18.2 Å². The molecule has 1 aromatic heterocycles. The zero-order chi connectivity index (χ0) is 14.4. The topological polar surface area (TPSA) is 56.1 Å². The zero-order valence-corrected chi connectivity index (χ0v) is 12.0. The van der Waals surface area contributed by atoms with E-state index in [4.69, 9.17) is 5.26 Å². The van der Waals surface area contributed by atoms with Crippen LogP contribution in [0.3, 0.4) is 0 Å². The Labute approximate surface area is 122 Å². The Bertz CT molecular complexity index is 616. The van der Waals surface area contributed by atoms with Crippen LogP contribution in [-0.2, 0) is 11.3 Å². The second-order valence-electron chi connectivity index (χ2n) is 4.54. The SMILES string of the molecule is CN(CC(=O)Nc1cccc(C#N)c1)Cc1ccsc1. The van der Waals surface area contributed by atoms with Gasteiger partial charge in [-0.05, 0) is 47.6 Å². The van der Waals surface area contributed by atoms with Gasteiger partial charge in [0.15, 0.2) is 0 Å². The third-order valence-electron chi connectivity index (χ3n) is 2.72. The average Bonchev–Trinajstić information content (AvgIpc) is 2.91. The lowest BCUT2D eigenvalue weighted by Crippen LogP contribution is -2.29. The number of amides is 1. The number of carbonyl (C=O) groups excluding carboxylic acids is 1. The van der Waals surface area contributed by atoms with Crippen LogP contribution in [0.1, 0.15) is 11.1 Å². The maximum Gasteiger partial charge on any atom is 0.238 e. The maximum atomic E-state index is 11.9. The van der Waals surface area contributed by atoms with Crippen LogP contribution in [0.25, 0.3) is 0 Å². The van der Waals surface area contributed by atoms with Crippen LogP contribution >= 0.6 is 11.3 Å². The first-order chi connectivity index (χ1) is 9.67. The summed E-state index contributed by atoms with van der Waals surface area (Å²) in [7, 11) is 1.91. The summed E-state index contributed by atoms with van der Waals surface area (Å²) in [6, 6.07) is 11.0. The summed E-state index contributed by atoms with van der Waals surface area (Å²) in [6.07, 6.45) is 0. The van der Waals surface area contributed by atoms with E-state index in [0.29, 0.717) is 17.8 Å². The molecule has 0 aliphatic rings. The molecular weight excluding hydrogens is 270 g/mol. The minimum absolute atomic E-state index is 0.0854. The average molecular weight is 285 g/mol. The summed E-state index contributed by atoms with van der Waals surface area (Å²) in [4.78, 5) is 13.9. The van der Waals surface area contributed by atoms with Crippen LogP contribution in [0.15, 0.2) is 41.1 Å². The van der Waals surface area contributed by atoms with Crippen molar-refractivity contribution in [3.8, 4) is 6.07 Å². The van der Waals surface area contributed by atoms with E-state index in [-0.39, 0.29) is 5.91 Å². The Morgan fingerprint density at radius 1 is 1.45 bits per heavy atom. The number of nitrogens with zero attached hydrogens (tertiary/aromatic N) is 2. The highest BCUT2D eigenvalue weighted by Crippen LogP contribution is 2.11. The Morgan fingerprint density at radius 3 is 3.00 bits per heavy atom. The van der Waals surface area contributed by atoms with Gasteiger partial charge in [-0.1, -0.05) is 6.07 Å². The molecule has 0 saturated carbocycles. The Hall–Kier alpha value is -2.16. The van der Waals surface area contributed by atoms with Crippen molar-refractivity contribution in [2.75, 3.05) is 18.9 Å². The molecule has 5 heteroatoms. The molecule has 0 unspecified atom stereocenters. The van der Waals surface area contributed by atoms with Gasteiger partial charge in [0.1, 0.15) is 0 Å². The molecule has 4 nitrogen and oxygen atoms in total. The fourth-order valence-electron chi connectivity index (χ4n) is 1.86. The molecule has 1 amide bonds. The molecule has 0 atom stereocenters. The van der Waals surface area contributed by atoms with Crippen LogP contribution in [-0.4, -0.2) is 24.4 Å². The van der Waals surface area contributed by atoms with E-state index < -0.39 is 0 Å². The standard InChI is InChI=1S/C15H15N3OS/c1-18(9-13-5-6-20-11-13)10-15(19)17-14-4-2-3-12(7-14)8-16/h2-7,11H,9-10H2,1H3,(H,17,19). The lowest BCUT2D eigenvalue weighted by atomic mass is 10.2. The van der Waals surface area contributed by atoms with Gasteiger partial charge >= 0.3 is 0 Å². The van der Waals surface area contributed by atoms with Crippen molar-refractivity contribution in [1.29, 1.82) is 5.26 Å². The lowest BCUT2D eigenvalue weighted by Gasteiger charge is -2.15. The predicted octanol–water partition coefficient (Wildman–Crippen LogP) is 2.69. The smallest absolute Gasteiger partial charge is 0.238 e. The first-order valence-electron chi connectivity index (χ1n) is 6.17. The number of benzene rings is 1. The first-order valence-corrected chi connectivity index (χ1v) is 7.11. The highest BCUT2D eigenvalue weighted by molar-refractivity contribution is 7.07. The van der Waals surface area contributed by atoms with Crippen molar-refractivity contribution in [1.82, 2.24) is 4.90 Å². The third-order valence-corrected chi connectivity index (χ3v) is 3.45.